The lowest BCUT2D eigenvalue weighted by molar-refractivity contribution is -0.0442. The molecule has 0 radical (unpaired) electrons. The topological polar surface area (TPSA) is 48.1 Å². The molecule has 17 heavy (non-hydrogen) atoms. The van der Waals surface area contributed by atoms with Gasteiger partial charge in [0.2, 0.25) is 0 Å². The number of hydrogen-bond donors (Lipinski definition) is 1. The van der Waals surface area contributed by atoms with Crippen LogP contribution in [0.5, 0.6) is 0 Å². The van der Waals surface area contributed by atoms with Crippen molar-refractivity contribution in [2.75, 3.05) is 7.11 Å². The van der Waals surface area contributed by atoms with Crippen molar-refractivity contribution < 1.29 is 4.74 Å². The fourth-order valence-corrected chi connectivity index (χ4v) is 2.83. The lowest BCUT2D eigenvalue weighted by Gasteiger charge is -2.37. The van der Waals surface area contributed by atoms with Gasteiger partial charge < -0.3 is 10.5 Å². The van der Waals surface area contributed by atoms with Crippen molar-refractivity contribution in [2.45, 2.75) is 50.2 Å². The van der Waals surface area contributed by atoms with Crippen molar-refractivity contribution >= 4 is 0 Å². The Morgan fingerprint density at radius 2 is 2.00 bits per heavy atom. The van der Waals surface area contributed by atoms with Crippen LogP contribution in [-0.2, 0) is 4.74 Å². The van der Waals surface area contributed by atoms with Crippen molar-refractivity contribution in [3.63, 3.8) is 0 Å². The van der Waals surface area contributed by atoms with Gasteiger partial charge in [-0.3, -0.25) is 4.98 Å². The van der Waals surface area contributed by atoms with Crippen molar-refractivity contribution in [3.8, 4) is 0 Å². The van der Waals surface area contributed by atoms with E-state index in [2.05, 4.69) is 4.98 Å². The van der Waals surface area contributed by atoms with Crippen LogP contribution in [0.2, 0.25) is 0 Å². The van der Waals surface area contributed by atoms with Gasteiger partial charge in [0.1, 0.15) is 0 Å². The zero-order valence-electron chi connectivity index (χ0n) is 10.6. The highest BCUT2D eigenvalue weighted by Gasteiger charge is 2.37. The Bertz CT molecular complexity index is 331. The van der Waals surface area contributed by atoms with Crippen molar-refractivity contribution in [1.29, 1.82) is 0 Å². The van der Waals surface area contributed by atoms with Gasteiger partial charge >= 0.3 is 0 Å². The van der Waals surface area contributed by atoms with E-state index in [1.165, 1.54) is 25.7 Å². The van der Waals surface area contributed by atoms with Gasteiger partial charge in [-0.15, -0.1) is 0 Å². The van der Waals surface area contributed by atoms with Crippen LogP contribution in [0.15, 0.2) is 24.5 Å². The third kappa shape index (κ3) is 2.67. The second-order valence-electron chi connectivity index (χ2n) is 4.95. The molecule has 1 saturated carbocycles. The summed E-state index contributed by atoms with van der Waals surface area (Å²) < 4.78 is 5.82. The van der Waals surface area contributed by atoms with Gasteiger partial charge in [-0.25, -0.2) is 0 Å². The molecule has 0 aliphatic heterocycles. The first-order chi connectivity index (χ1) is 8.28. The third-order valence-electron chi connectivity index (χ3n) is 3.97. The van der Waals surface area contributed by atoms with Gasteiger partial charge in [0.15, 0.2) is 0 Å². The quantitative estimate of drug-likeness (QED) is 0.818. The normalized spacial score (nSPS) is 21.8. The molecule has 0 aromatic carbocycles. The Hall–Kier alpha value is -0.930. The summed E-state index contributed by atoms with van der Waals surface area (Å²) >= 11 is 0. The number of nitrogens with two attached hydrogens (primary N) is 1. The Morgan fingerprint density at radius 1 is 1.29 bits per heavy atom. The predicted octanol–water partition coefficient (Wildman–Crippen LogP) is 2.82. The summed E-state index contributed by atoms with van der Waals surface area (Å²) in [5, 5.41) is 0. The molecule has 0 bridgehead atoms. The lowest BCUT2D eigenvalue weighted by Crippen LogP contribution is -2.42. The fourth-order valence-electron chi connectivity index (χ4n) is 2.83. The molecule has 94 valence electrons. The second kappa shape index (κ2) is 5.61. The molecule has 0 amide bonds. The van der Waals surface area contributed by atoms with E-state index in [0.717, 1.165) is 18.4 Å². The molecule has 1 aliphatic carbocycles. The maximum absolute atomic E-state index is 6.42. The van der Waals surface area contributed by atoms with E-state index in [9.17, 15) is 0 Å². The summed E-state index contributed by atoms with van der Waals surface area (Å²) in [6.45, 7) is 0. The van der Waals surface area contributed by atoms with Gasteiger partial charge in [0, 0.05) is 19.5 Å². The van der Waals surface area contributed by atoms with Crippen molar-refractivity contribution in [3.05, 3.63) is 30.1 Å². The smallest absolute Gasteiger partial charge is 0.0870 e. The summed E-state index contributed by atoms with van der Waals surface area (Å²) in [7, 11) is 1.79. The lowest BCUT2D eigenvalue weighted by atomic mass is 9.83. The standard InChI is InChI=1S/C14H22N2O/c1-17-14(8-4-2-3-5-9-14)13(15)12-7-6-10-16-11-12/h6-7,10-11,13H,2-5,8-9,15H2,1H3. The van der Waals surface area contributed by atoms with E-state index in [1.54, 1.807) is 13.3 Å². The van der Waals surface area contributed by atoms with Crippen LogP contribution < -0.4 is 5.73 Å². The highest BCUT2D eigenvalue weighted by Crippen LogP contribution is 2.38. The number of pyridine rings is 1. The van der Waals surface area contributed by atoms with Crippen molar-refractivity contribution in [1.82, 2.24) is 4.98 Å². The molecule has 2 N–H and O–H groups in total. The average Bonchev–Trinajstić information content (AvgIpc) is 2.65. The third-order valence-corrected chi connectivity index (χ3v) is 3.97. The average molecular weight is 234 g/mol. The minimum absolute atomic E-state index is 0.0701. The van der Waals surface area contributed by atoms with Gasteiger partial charge in [-0.1, -0.05) is 31.7 Å². The zero-order chi connectivity index (χ0) is 12.1. The van der Waals surface area contributed by atoms with Crippen LogP contribution >= 0.6 is 0 Å². The van der Waals surface area contributed by atoms with Gasteiger partial charge in [-0.2, -0.15) is 0 Å². The van der Waals surface area contributed by atoms with Crippen LogP contribution in [0.1, 0.15) is 50.1 Å². The molecule has 2 rings (SSSR count). The maximum atomic E-state index is 6.42. The van der Waals surface area contributed by atoms with E-state index < -0.39 is 0 Å². The number of methoxy groups -OCH3 is 1. The molecule has 1 aromatic heterocycles. The van der Waals surface area contributed by atoms with E-state index in [-0.39, 0.29) is 11.6 Å². The van der Waals surface area contributed by atoms with E-state index in [0.29, 0.717) is 0 Å². The first-order valence-corrected chi connectivity index (χ1v) is 6.49. The molecule has 1 atom stereocenters. The number of nitrogens with zero attached hydrogens (tertiary/aromatic N) is 1. The van der Waals surface area contributed by atoms with Gasteiger partial charge in [0.05, 0.1) is 11.6 Å². The molecule has 1 heterocycles. The van der Waals surface area contributed by atoms with Crippen LogP contribution in [0.4, 0.5) is 0 Å². The summed E-state index contributed by atoms with van der Waals surface area (Å²) in [5.74, 6) is 0. The monoisotopic (exact) mass is 234 g/mol. The zero-order valence-corrected chi connectivity index (χ0v) is 10.6. The molecule has 0 saturated heterocycles. The summed E-state index contributed by atoms with van der Waals surface area (Å²) in [4.78, 5) is 4.15. The van der Waals surface area contributed by atoms with Crippen LogP contribution in [0.25, 0.3) is 0 Å². The predicted molar refractivity (Wildman–Crippen MR) is 68.6 cm³/mol. The molecule has 0 spiro atoms. The number of aromatic nitrogens is 1. The number of ether oxygens (including phenoxy) is 1. The largest absolute Gasteiger partial charge is 0.376 e. The maximum Gasteiger partial charge on any atom is 0.0870 e. The Labute approximate surface area is 103 Å². The molecule has 1 unspecified atom stereocenters. The first-order valence-electron chi connectivity index (χ1n) is 6.49. The SMILES string of the molecule is COC1(C(N)c2cccnc2)CCCCCC1. The van der Waals surface area contributed by atoms with Gasteiger partial charge in [-0.05, 0) is 24.5 Å². The van der Waals surface area contributed by atoms with Crippen LogP contribution in [0.3, 0.4) is 0 Å². The molecule has 3 heteroatoms. The summed E-state index contributed by atoms with van der Waals surface area (Å²) in [6.07, 6.45) is 10.8. The molecular formula is C14H22N2O. The fraction of sp³-hybridized carbons (Fsp3) is 0.643. The van der Waals surface area contributed by atoms with E-state index in [1.807, 2.05) is 18.3 Å². The Balaban J connectivity index is 2.21. The van der Waals surface area contributed by atoms with E-state index in [4.69, 9.17) is 10.5 Å². The highest BCUT2D eigenvalue weighted by atomic mass is 16.5. The van der Waals surface area contributed by atoms with Gasteiger partial charge in [0.25, 0.3) is 0 Å². The molecular weight excluding hydrogens is 212 g/mol. The Morgan fingerprint density at radius 3 is 2.53 bits per heavy atom. The summed E-state index contributed by atoms with van der Waals surface area (Å²) in [6, 6.07) is 3.91. The molecule has 3 nitrogen and oxygen atoms in total. The molecule has 1 aliphatic rings. The second-order valence-corrected chi connectivity index (χ2v) is 4.95. The summed E-state index contributed by atoms with van der Waals surface area (Å²) in [5.41, 5.74) is 7.30. The first kappa shape index (κ1) is 12.5. The molecule has 1 aromatic rings. The van der Waals surface area contributed by atoms with Crippen molar-refractivity contribution in [2.24, 2.45) is 5.73 Å². The van der Waals surface area contributed by atoms with E-state index >= 15 is 0 Å². The minimum atomic E-state index is -0.195. The molecule has 1 fully saturated rings. The highest BCUT2D eigenvalue weighted by molar-refractivity contribution is 5.18. The van der Waals surface area contributed by atoms with Crippen LogP contribution in [-0.4, -0.2) is 17.7 Å². The number of rotatable bonds is 3. The minimum Gasteiger partial charge on any atom is -0.376 e. The number of hydrogen-bond acceptors (Lipinski definition) is 3. The Kier molecular flexibility index (Phi) is 4.13. The van der Waals surface area contributed by atoms with Crippen LogP contribution in [0, 0.1) is 0 Å².